The zero-order valence-corrected chi connectivity index (χ0v) is 9.31. The van der Waals surface area contributed by atoms with Crippen LogP contribution in [-0.2, 0) is 10.2 Å². The fourth-order valence-corrected chi connectivity index (χ4v) is 1.82. The summed E-state index contributed by atoms with van der Waals surface area (Å²) in [6.45, 7) is 0. The van der Waals surface area contributed by atoms with Crippen LogP contribution in [0.5, 0.6) is 0 Å². The average molecular weight is 265 g/mol. The highest BCUT2D eigenvalue weighted by Gasteiger charge is 2.07. The summed E-state index contributed by atoms with van der Waals surface area (Å²) < 4.78 is 27.4. The van der Waals surface area contributed by atoms with Gasteiger partial charge in [-0.05, 0) is 28.1 Å². The van der Waals surface area contributed by atoms with Gasteiger partial charge in [-0.15, -0.1) is 0 Å². The van der Waals surface area contributed by atoms with Crippen molar-refractivity contribution < 1.29 is 8.42 Å². The molecule has 0 bridgehead atoms. The fraction of sp³-hybridized carbons (Fsp3) is 0.143. The van der Waals surface area contributed by atoms with Crippen LogP contribution >= 0.6 is 15.9 Å². The smallest absolute Gasteiger partial charge is 0.270 e. The van der Waals surface area contributed by atoms with E-state index in [2.05, 4.69) is 25.4 Å². The third-order valence-corrected chi connectivity index (χ3v) is 3.10. The van der Waals surface area contributed by atoms with Gasteiger partial charge in [0.2, 0.25) is 0 Å². The number of benzene rings is 1. The Labute approximate surface area is 85.7 Å². The molecule has 0 aliphatic heterocycles. The quantitative estimate of drug-likeness (QED) is 0.866. The average Bonchev–Trinajstić information content (AvgIpc) is 2.09. The van der Waals surface area contributed by atoms with Crippen LogP contribution in [0.15, 0.2) is 28.7 Å². The maximum atomic E-state index is 11.1. The second-order valence-electron chi connectivity index (χ2n) is 2.29. The van der Waals surface area contributed by atoms with Crippen molar-refractivity contribution in [1.29, 1.82) is 0 Å². The summed E-state index contributed by atoms with van der Waals surface area (Å²) in [5.41, 5.74) is 0.511. The van der Waals surface area contributed by atoms with Crippen LogP contribution in [0.4, 0.5) is 5.69 Å². The van der Waals surface area contributed by atoms with E-state index >= 15 is 0 Å². The fourth-order valence-electron chi connectivity index (χ4n) is 0.740. The number of rotatable bonds is 3. The van der Waals surface area contributed by atoms with Gasteiger partial charge in [0, 0.05) is 11.5 Å². The van der Waals surface area contributed by atoms with E-state index in [1.807, 2.05) is 0 Å². The Bertz CT molecular complexity index is 391. The van der Waals surface area contributed by atoms with Crippen molar-refractivity contribution in [1.82, 2.24) is 4.72 Å². The number of nitrogens with one attached hydrogen (secondary N) is 2. The molecule has 0 fully saturated rings. The Morgan fingerprint density at radius 1 is 1.31 bits per heavy atom. The van der Waals surface area contributed by atoms with Crippen molar-refractivity contribution >= 4 is 31.8 Å². The van der Waals surface area contributed by atoms with Gasteiger partial charge in [-0.25, -0.2) is 4.72 Å². The van der Waals surface area contributed by atoms with Gasteiger partial charge < -0.3 is 0 Å². The van der Waals surface area contributed by atoms with Gasteiger partial charge in [-0.2, -0.15) is 8.42 Å². The molecule has 4 nitrogen and oxygen atoms in total. The van der Waals surface area contributed by atoms with Crippen LogP contribution in [0.2, 0.25) is 0 Å². The van der Waals surface area contributed by atoms with Gasteiger partial charge in [-0.3, -0.25) is 4.72 Å². The van der Waals surface area contributed by atoms with Gasteiger partial charge in [0.15, 0.2) is 0 Å². The molecule has 0 spiro atoms. The molecule has 0 aliphatic carbocycles. The molecule has 72 valence electrons. The molecule has 0 amide bonds. The summed E-state index contributed by atoms with van der Waals surface area (Å²) in [4.78, 5) is 0. The Balaban J connectivity index is 2.93. The minimum absolute atomic E-state index is 0.511. The van der Waals surface area contributed by atoms with Crippen molar-refractivity contribution in [2.75, 3.05) is 11.8 Å². The van der Waals surface area contributed by atoms with Crippen LogP contribution in [0.3, 0.4) is 0 Å². The van der Waals surface area contributed by atoms with Crippen LogP contribution in [-0.4, -0.2) is 15.5 Å². The summed E-state index contributed by atoms with van der Waals surface area (Å²) in [5, 5.41) is 0. The van der Waals surface area contributed by atoms with Gasteiger partial charge >= 0.3 is 0 Å². The van der Waals surface area contributed by atoms with Crippen molar-refractivity contribution in [2.45, 2.75) is 0 Å². The zero-order valence-electron chi connectivity index (χ0n) is 6.91. The highest BCUT2D eigenvalue weighted by atomic mass is 79.9. The minimum Gasteiger partial charge on any atom is -0.270 e. The lowest BCUT2D eigenvalue weighted by atomic mass is 10.3. The van der Waals surface area contributed by atoms with E-state index < -0.39 is 10.2 Å². The molecule has 0 unspecified atom stereocenters. The third-order valence-electron chi connectivity index (χ3n) is 1.39. The molecule has 0 saturated heterocycles. The first-order chi connectivity index (χ1) is 6.05. The maximum Gasteiger partial charge on any atom is 0.298 e. The normalized spacial score (nSPS) is 11.2. The Kier molecular flexibility index (Phi) is 3.29. The van der Waals surface area contributed by atoms with E-state index in [1.54, 1.807) is 24.3 Å². The van der Waals surface area contributed by atoms with Crippen molar-refractivity contribution in [3.63, 3.8) is 0 Å². The molecule has 1 aromatic rings. The molecule has 0 heterocycles. The summed E-state index contributed by atoms with van der Waals surface area (Å²) in [7, 11) is -2.08. The van der Waals surface area contributed by atoms with E-state index in [0.717, 1.165) is 0 Å². The predicted octanol–water partition coefficient (Wildman–Crippen LogP) is 1.33. The van der Waals surface area contributed by atoms with Crippen molar-refractivity contribution in [3.8, 4) is 0 Å². The number of para-hydroxylation sites is 1. The van der Waals surface area contributed by atoms with E-state index in [1.165, 1.54) is 7.05 Å². The summed E-state index contributed by atoms with van der Waals surface area (Å²) in [6.07, 6.45) is 0. The predicted molar refractivity (Wildman–Crippen MR) is 55.7 cm³/mol. The largest absolute Gasteiger partial charge is 0.298 e. The topological polar surface area (TPSA) is 58.2 Å². The van der Waals surface area contributed by atoms with Crippen LogP contribution in [0.25, 0.3) is 0 Å². The molecule has 0 aliphatic rings. The molecule has 0 radical (unpaired) electrons. The van der Waals surface area contributed by atoms with Crippen LogP contribution in [0, 0.1) is 0 Å². The second kappa shape index (κ2) is 4.08. The molecule has 6 heteroatoms. The first kappa shape index (κ1) is 10.5. The molecule has 13 heavy (non-hydrogen) atoms. The van der Waals surface area contributed by atoms with Crippen molar-refractivity contribution in [3.05, 3.63) is 28.7 Å². The van der Waals surface area contributed by atoms with E-state index in [-0.39, 0.29) is 0 Å². The molecular weight excluding hydrogens is 256 g/mol. The highest BCUT2D eigenvalue weighted by Crippen LogP contribution is 2.21. The molecule has 0 saturated carbocycles. The van der Waals surface area contributed by atoms with Crippen LogP contribution < -0.4 is 9.44 Å². The monoisotopic (exact) mass is 264 g/mol. The Hall–Kier alpha value is -0.590. The summed E-state index contributed by atoms with van der Waals surface area (Å²) >= 11 is 3.22. The van der Waals surface area contributed by atoms with Gasteiger partial charge in [0.1, 0.15) is 0 Å². The van der Waals surface area contributed by atoms with Crippen LogP contribution in [0.1, 0.15) is 0 Å². The lowest BCUT2D eigenvalue weighted by Crippen LogP contribution is -2.26. The molecular formula is C7H9BrN2O2S. The number of halogens is 1. The number of hydrogen-bond donors (Lipinski definition) is 2. The van der Waals surface area contributed by atoms with Gasteiger partial charge in [0.25, 0.3) is 10.2 Å². The minimum atomic E-state index is -3.43. The first-order valence-electron chi connectivity index (χ1n) is 3.51. The molecule has 1 aromatic carbocycles. The number of hydrogen-bond acceptors (Lipinski definition) is 2. The standard InChI is InChI=1S/C7H9BrN2O2S/c1-9-13(11,12)10-7-5-3-2-4-6(7)8/h2-5,9-10H,1H3. The highest BCUT2D eigenvalue weighted by molar-refractivity contribution is 9.10. The molecule has 0 atom stereocenters. The maximum absolute atomic E-state index is 11.1. The zero-order chi connectivity index (χ0) is 9.90. The first-order valence-corrected chi connectivity index (χ1v) is 5.78. The number of anilines is 1. The Morgan fingerprint density at radius 3 is 2.46 bits per heavy atom. The SMILES string of the molecule is CNS(=O)(=O)Nc1ccccc1Br. The summed E-state index contributed by atoms with van der Waals surface area (Å²) in [6, 6.07) is 6.98. The van der Waals surface area contributed by atoms with E-state index in [0.29, 0.717) is 10.2 Å². The van der Waals surface area contributed by atoms with Crippen molar-refractivity contribution in [2.24, 2.45) is 0 Å². The molecule has 1 rings (SSSR count). The van der Waals surface area contributed by atoms with Gasteiger partial charge in [0.05, 0.1) is 5.69 Å². The van der Waals surface area contributed by atoms with Gasteiger partial charge in [-0.1, -0.05) is 12.1 Å². The summed E-state index contributed by atoms with van der Waals surface area (Å²) in [5.74, 6) is 0. The third kappa shape index (κ3) is 2.98. The molecule has 2 N–H and O–H groups in total. The second-order valence-corrected chi connectivity index (χ2v) is 4.76. The lowest BCUT2D eigenvalue weighted by Gasteiger charge is -2.07. The van der Waals surface area contributed by atoms with E-state index in [9.17, 15) is 8.42 Å². The lowest BCUT2D eigenvalue weighted by molar-refractivity contribution is 0.593. The van der Waals surface area contributed by atoms with E-state index in [4.69, 9.17) is 0 Å². The molecule has 0 aromatic heterocycles. The Morgan fingerprint density at radius 2 is 1.92 bits per heavy atom.